The summed E-state index contributed by atoms with van der Waals surface area (Å²) in [6.07, 6.45) is 4.91. The molecule has 2 atom stereocenters. The van der Waals surface area contributed by atoms with Gasteiger partial charge in [0.2, 0.25) is 0 Å². The Morgan fingerprint density at radius 1 is 1.24 bits per heavy atom. The van der Waals surface area contributed by atoms with Crippen LogP contribution in [0.4, 0.5) is 14.9 Å². The highest BCUT2D eigenvalue weighted by Gasteiger charge is 2.33. The van der Waals surface area contributed by atoms with Gasteiger partial charge in [-0.2, -0.15) is 0 Å². The molecule has 1 N–H and O–H groups in total. The van der Waals surface area contributed by atoms with Crippen LogP contribution in [0.25, 0.3) is 17.0 Å². The fourth-order valence-electron chi connectivity index (χ4n) is 5.26. The fourth-order valence-corrected chi connectivity index (χ4v) is 5.26. The quantitative estimate of drug-likeness (QED) is 0.398. The zero-order valence-corrected chi connectivity index (χ0v) is 23.1. The van der Waals surface area contributed by atoms with Gasteiger partial charge < -0.3 is 24.3 Å². The van der Waals surface area contributed by atoms with E-state index < -0.39 is 17.7 Å². The molecule has 2 aromatic rings. The lowest BCUT2D eigenvalue weighted by Crippen LogP contribution is -2.42. The summed E-state index contributed by atoms with van der Waals surface area (Å²) >= 11 is 0. The Labute approximate surface area is 222 Å². The molecule has 1 aromatic heterocycles. The first-order valence-electron chi connectivity index (χ1n) is 13.4. The molecule has 1 amide bonds. The number of benzene rings is 1. The van der Waals surface area contributed by atoms with E-state index in [4.69, 9.17) is 9.47 Å². The van der Waals surface area contributed by atoms with Crippen LogP contribution in [0.3, 0.4) is 0 Å². The molecule has 1 aliphatic carbocycles. The Bertz CT molecular complexity index is 1320. The molecule has 9 heteroatoms. The lowest BCUT2D eigenvalue weighted by atomic mass is 10.0. The molecular weight excluding hydrogens is 489 g/mol. The van der Waals surface area contributed by atoms with E-state index in [2.05, 4.69) is 5.32 Å². The maximum Gasteiger partial charge on any atom is 0.407 e. The summed E-state index contributed by atoms with van der Waals surface area (Å²) < 4.78 is 27.9. The van der Waals surface area contributed by atoms with E-state index in [-0.39, 0.29) is 36.0 Å². The molecule has 0 unspecified atom stereocenters. The van der Waals surface area contributed by atoms with Gasteiger partial charge in [0.05, 0.1) is 17.8 Å². The normalized spacial score (nSPS) is 18.7. The van der Waals surface area contributed by atoms with Crippen molar-refractivity contribution in [2.24, 2.45) is 5.92 Å². The SMILES string of the molecule is CCOC(=O)/C=C/c1cc(=O)n(C2CC2)c2c(C)c(N3CC[C@@H]([C@H](C)NC(=O)OC(C)(C)C)C3)c(F)cc12. The van der Waals surface area contributed by atoms with Crippen LogP contribution in [0.2, 0.25) is 0 Å². The van der Waals surface area contributed by atoms with Crippen molar-refractivity contribution in [3.05, 3.63) is 45.5 Å². The second-order valence-corrected chi connectivity index (χ2v) is 11.3. The van der Waals surface area contributed by atoms with Crippen LogP contribution in [-0.2, 0) is 14.3 Å². The van der Waals surface area contributed by atoms with Gasteiger partial charge in [-0.05, 0) is 90.0 Å². The van der Waals surface area contributed by atoms with Crippen LogP contribution in [-0.4, -0.2) is 48.0 Å². The third kappa shape index (κ3) is 6.03. The first kappa shape index (κ1) is 27.7. The van der Waals surface area contributed by atoms with Gasteiger partial charge >= 0.3 is 12.1 Å². The number of pyridine rings is 1. The summed E-state index contributed by atoms with van der Waals surface area (Å²) in [5, 5.41) is 3.51. The number of anilines is 1. The first-order chi connectivity index (χ1) is 17.9. The standard InChI is InChI=1S/C29H38FN3O5/c1-7-37-25(35)11-8-19-14-24(34)33(21-9-10-21)26-17(2)27(23(30)15-22(19)26)32-13-12-20(16-32)18(3)31-28(36)38-29(4,5)6/h8,11,14-15,18,20-21H,7,9-10,12-13,16H2,1-6H3,(H,31,36)/b11-8+/t18-,20+/m0/s1. The monoisotopic (exact) mass is 527 g/mol. The molecule has 0 spiro atoms. The van der Waals surface area contributed by atoms with Crippen molar-refractivity contribution in [1.82, 2.24) is 9.88 Å². The number of halogens is 1. The zero-order valence-electron chi connectivity index (χ0n) is 23.1. The smallest absolute Gasteiger partial charge is 0.407 e. The number of ether oxygens (including phenoxy) is 2. The second kappa shape index (κ2) is 10.8. The maximum absolute atomic E-state index is 15.8. The van der Waals surface area contributed by atoms with Crippen molar-refractivity contribution in [3.8, 4) is 0 Å². The number of carbonyl (C=O) groups excluding carboxylic acids is 2. The van der Waals surface area contributed by atoms with E-state index in [1.807, 2.05) is 39.5 Å². The van der Waals surface area contributed by atoms with Gasteiger partial charge in [0.25, 0.3) is 5.56 Å². The molecule has 0 bridgehead atoms. The molecule has 8 nitrogen and oxygen atoms in total. The lowest BCUT2D eigenvalue weighted by Gasteiger charge is -2.27. The molecule has 4 rings (SSSR count). The third-order valence-corrected chi connectivity index (χ3v) is 7.12. The van der Waals surface area contributed by atoms with E-state index in [0.717, 1.165) is 19.3 Å². The molecule has 1 saturated heterocycles. The Morgan fingerprint density at radius 3 is 2.58 bits per heavy atom. The van der Waals surface area contributed by atoms with Crippen LogP contribution in [0, 0.1) is 18.7 Å². The number of aromatic nitrogens is 1. The minimum Gasteiger partial charge on any atom is -0.463 e. The molecule has 38 heavy (non-hydrogen) atoms. The number of hydrogen-bond acceptors (Lipinski definition) is 6. The number of aryl methyl sites for hydroxylation is 1. The number of carbonyl (C=O) groups is 2. The van der Waals surface area contributed by atoms with Gasteiger partial charge in [0, 0.05) is 42.7 Å². The van der Waals surface area contributed by atoms with Crippen molar-refractivity contribution in [3.63, 3.8) is 0 Å². The number of alkyl carbamates (subject to hydrolysis) is 1. The second-order valence-electron chi connectivity index (χ2n) is 11.3. The van der Waals surface area contributed by atoms with Crippen molar-refractivity contribution >= 4 is 34.7 Å². The number of nitrogens with one attached hydrogen (secondary N) is 1. The Kier molecular flexibility index (Phi) is 7.85. The highest BCUT2D eigenvalue weighted by Crippen LogP contribution is 2.41. The van der Waals surface area contributed by atoms with E-state index in [9.17, 15) is 14.4 Å². The average Bonchev–Trinajstić information content (AvgIpc) is 3.52. The van der Waals surface area contributed by atoms with E-state index in [1.165, 1.54) is 24.3 Å². The summed E-state index contributed by atoms with van der Waals surface area (Å²) in [7, 11) is 0. The number of amides is 1. The fraction of sp³-hybridized carbons (Fsp3) is 0.552. The van der Waals surface area contributed by atoms with Crippen LogP contribution in [0.5, 0.6) is 0 Å². The molecule has 0 radical (unpaired) electrons. The minimum atomic E-state index is -0.585. The predicted molar refractivity (Wildman–Crippen MR) is 146 cm³/mol. The van der Waals surface area contributed by atoms with Crippen molar-refractivity contribution in [2.45, 2.75) is 78.5 Å². The molecule has 2 heterocycles. The van der Waals surface area contributed by atoms with Crippen LogP contribution in [0.15, 0.2) is 23.0 Å². The van der Waals surface area contributed by atoms with Crippen LogP contribution in [0.1, 0.15) is 71.0 Å². The topological polar surface area (TPSA) is 89.9 Å². The highest BCUT2D eigenvalue weighted by atomic mass is 19.1. The molecule has 1 aromatic carbocycles. The van der Waals surface area contributed by atoms with Crippen molar-refractivity contribution in [1.29, 1.82) is 0 Å². The molecular formula is C29H38FN3O5. The summed E-state index contributed by atoms with van der Waals surface area (Å²) in [4.78, 5) is 39.3. The number of hydrogen-bond donors (Lipinski definition) is 1. The summed E-state index contributed by atoms with van der Waals surface area (Å²) in [5.41, 5.74) is 1.60. The first-order valence-corrected chi connectivity index (χ1v) is 13.4. The summed E-state index contributed by atoms with van der Waals surface area (Å²) in [6, 6.07) is 2.87. The van der Waals surface area contributed by atoms with Gasteiger partial charge in [-0.3, -0.25) is 4.79 Å². The Hall–Kier alpha value is -3.36. The largest absolute Gasteiger partial charge is 0.463 e. The minimum absolute atomic E-state index is 0.0921. The van der Waals surface area contributed by atoms with Crippen molar-refractivity contribution < 1.29 is 23.5 Å². The highest BCUT2D eigenvalue weighted by molar-refractivity contribution is 5.96. The predicted octanol–water partition coefficient (Wildman–Crippen LogP) is 5.10. The van der Waals surface area contributed by atoms with Gasteiger partial charge in [0.1, 0.15) is 11.4 Å². The Balaban J connectivity index is 1.67. The summed E-state index contributed by atoms with van der Waals surface area (Å²) in [5.74, 6) is -0.783. The van der Waals surface area contributed by atoms with E-state index in [0.29, 0.717) is 40.8 Å². The van der Waals surface area contributed by atoms with Gasteiger partial charge in [-0.15, -0.1) is 0 Å². The zero-order chi connectivity index (χ0) is 27.8. The van der Waals surface area contributed by atoms with Gasteiger partial charge in [-0.25, -0.2) is 14.0 Å². The van der Waals surface area contributed by atoms with E-state index >= 15 is 4.39 Å². The Morgan fingerprint density at radius 2 is 1.95 bits per heavy atom. The number of esters is 1. The molecule has 1 saturated carbocycles. The van der Waals surface area contributed by atoms with Crippen LogP contribution >= 0.6 is 0 Å². The molecule has 2 aliphatic rings. The van der Waals surface area contributed by atoms with Gasteiger partial charge in [0.15, 0.2) is 0 Å². The summed E-state index contributed by atoms with van der Waals surface area (Å²) in [6.45, 7) is 12.4. The number of fused-ring (bicyclic) bond motifs is 1. The number of nitrogens with zero attached hydrogens (tertiary/aromatic N) is 2. The maximum atomic E-state index is 15.8. The van der Waals surface area contributed by atoms with E-state index in [1.54, 1.807) is 11.5 Å². The van der Waals surface area contributed by atoms with Crippen molar-refractivity contribution in [2.75, 3.05) is 24.6 Å². The molecule has 2 fully saturated rings. The average molecular weight is 528 g/mol. The lowest BCUT2D eigenvalue weighted by molar-refractivity contribution is -0.137. The third-order valence-electron chi connectivity index (χ3n) is 7.12. The number of rotatable bonds is 7. The molecule has 1 aliphatic heterocycles. The van der Waals surface area contributed by atoms with Gasteiger partial charge in [-0.1, -0.05) is 0 Å². The molecule has 206 valence electrons. The van der Waals surface area contributed by atoms with Crippen LogP contribution < -0.4 is 15.8 Å².